The summed E-state index contributed by atoms with van der Waals surface area (Å²) in [5, 5.41) is 2.96. The molecule has 1 fully saturated rings. The average Bonchev–Trinajstić information content (AvgIpc) is 2.85. The van der Waals surface area contributed by atoms with E-state index in [1.807, 2.05) is 60.7 Å². The zero-order valence-electron chi connectivity index (χ0n) is 18.5. The molecule has 0 spiro atoms. The first-order chi connectivity index (χ1) is 15.7. The molecule has 0 saturated carbocycles. The van der Waals surface area contributed by atoms with Crippen molar-refractivity contribution in [1.82, 2.24) is 4.90 Å². The molecule has 5 nitrogen and oxygen atoms in total. The SMILES string of the molecule is COc1ccc(NC(=O)c2ccc(-c3ccccc3)cc2)cc1OCCN1CCCCC1. The molecule has 0 aliphatic carbocycles. The number of rotatable bonds is 8. The van der Waals surface area contributed by atoms with Gasteiger partial charge in [-0.05, 0) is 61.3 Å². The summed E-state index contributed by atoms with van der Waals surface area (Å²) in [5.74, 6) is 1.14. The predicted molar refractivity (Wildman–Crippen MR) is 129 cm³/mol. The number of anilines is 1. The number of amides is 1. The Kier molecular flexibility index (Phi) is 7.41. The van der Waals surface area contributed by atoms with Gasteiger partial charge in [-0.3, -0.25) is 9.69 Å². The summed E-state index contributed by atoms with van der Waals surface area (Å²) in [7, 11) is 1.62. The number of carbonyl (C=O) groups excluding carboxylic acids is 1. The van der Waals surface area contributed by atoms with Gasteiger partial charge in [0, 0.05) is 23.9 Å². The van der Waals surface area contributed by atoms with Crippen molar-refractivity contribution >= 4 is 11.6 Å². The Bertz CT molecular complexity index is 1010. The highest BCUT2D eigenvalue weighted by Gasteiger charge is 2.13. The third kappa shape index (κ3) is 5.68. The van der Waals surface area contributed by atoms with Gasteiger partial charge in [0.15, 0.2) is 11.5 Å². The van der Waals surface area contributed by atoms with Crippen molar-refractivity contribution in [3.8, 4) is 22.6 Å². The summed E-state index contributed by atoms with van der Waals surface area (Å²) in [4.78, 5) is 15.2. The van der Waals surface area contributed by atoms with Crippen molar-refractivity contribution in [1.29, 1.82) is 0 Å². The van der Waals surface area contributed by atoms with E-state index in [1.54, 1.807) is 7.11 Å². The maximum absolute atomic E-state index is 12.8. The van der Waals surface area contributed by atoms with Gasteiger partial charge in [-0.1, -0.05) is 48.9 Å². The molecule has 1 saturated heterocycles. The number of hydrogen-bond acceptors (Lipinski definition) is 4. The lowest BCUT2D eigenvalue weighted by Gasteiger charge is -2.26. The molecule has 5 heteroatoms. The lowest BCUT2D eigenvalue weighted by atomic mass is 10.0. The van der Waals surface area contributed by atoms with Crippen molar-refractivity contribution in [3.63, 3.8) is 0 Å². The molecule has 0 radical (unpaired) electrons. The largest absolute Gasteiger partial charge is 0.493 e. The second-order valence-electron chi connectivity index (χ2n) is 8.01. The maximum atomic E-state index is 12.8. The van der Waals surface area contributed by atoms with Crippen LogP contribution in [0.4, 0.5) is 5.69 Å². The van der Waals surface area contributed by atoms with E-state index in [0.717, 1.165) is 30.8 Å². The molecule has 166 valence electrons. The minimum absolute atomic E-state index is 0.158. The van der Waals surface area contributed by atoms with Crippen molar-refractivity contribution in [2.45, 2.75) is 19.3 Å². The van der Waals surface area contributed by atoms with Crippen LogP contribution in [-0.4, -0.2) is 44.2 Å². The third-order valence-electron chi connectivity index (χ3n) is 5.79. The molecule has 0 unspecified atom stereocenters. The van der Waals surface area contributed by atoms with Crippen LogP contribution in [0.1, 0.15) is 29.6 Å². The van der Waals surface area contributed by atoms with Crippen LogP contribution in [0.5, 0.6) is 11.5 Å². The lowest BCUT2D eigenvalue weighted by Crippen LogP contribution is -2.33. The number of piperidine rings is 1. The van der Waals surface area contributed by atoms with Crippen LogP contribution in [0.3, 0.4) is 0 Å². The molecule has 1 N–H and O–H groups in total. The Labute approximate surface area is 190 Å². The van der Waals surface area contributed by atoms with Crippen LogP contribution in [0.15, 0.2) is 72.8 Å². The first-order valence-electron chi connectivity index (χ1n) is 11.2. The third-order valence-corrected chi connectivity index (χ3v) is 5.79. The van der Waals surface area contributed by atoms with E-state index < -0.39 is 0 Å². The Morgan fingerprint density at radius 3 is 2.31 bits per heavy atom. The van der Waals surface area contributed by atoms with Gasteiger partial charge in [0.05, 0.1) is 7.11 Å². The smallest absolute Gasteiger partial charge is 0.255 e. The fraction of sp³-hybridized carbons (Fsp3) is 0.296. The molecular weight excluding hydrogens is 400 g/mol. The molecule has 32 heavy (non-hydrogen) atoms. The summed E-state index contributed by atoms with van der Waals surface area (Å²) in [6.07, 6.45) is 3.84. The van der Waals surface area contributed by atoms with Gasteiger partial charge >= 0.3 is 0 Å². The van der Waals surface area contributed by atoms with Crippen molar-refractivity contribution in [2.75, 3.05) is 38.7 Å². The minimum Gasteiger partial charge on any atom is -0.493 e. The number of methoxy groups -OCH3 is 1. The zero-order chi connectivity index (χ0) is 22.2. The number of nitrogens with zero attached hydrogens (tertiary/aromatic N) is 1. The Morgan fingerprint density at radius 2 is 1.59 bits per heavy atom. The van der Waals surface area contributed by atoms with Gasteiger partial charge < -0.3 is 14.8 Å². The monoisotopic (exact) mass is 430 g/mol. The maximum Gasteiger partial charge on any atom is 0.255 e. The van der Waals surface area contributed by atoms with Crippen molar-refractivity contribution in [3.05, 3.63) is 78.4 Å². The predicted octanol–water partition coefficient (Wildman–Crippen LogP) is 5.48. The standard InChI is InChI=1S/C27H30N2O3/c1-31-25-15-14-24(20-26(25)32-19-18-29-16-6-3-7-17-29)28-27(30)23-12-10-22(11-13-23)21-8-4-2-5-9-21/h2,4-5,8-15,20H,3,6-7,16-19H2,1H3,(H,28,30). The normalized spacial score (nSPS) is 14.0. The van der Waals surface area contributed by atoms with E-state index in [-0.39, 0.29) is 5.91 Å². The summed E-state index contributed by atoms with van der Waals surface area (Å²) in [5.41, 5.74) is 3.49. The molecular formula is C27H30N2O3. The zero-order valence-corrected chi connectivity index (χ0v) is 18.5. The molecule has 3 aromatic carbocycles. The van der Waals surface area contributed by atoms with Crippen LogP contribution < -0.4 is 14.8 Å². The Balaban J connectivity index is 1.38. The van der Waals surface area contributed by atoms with E-state index in [2.05, 4.69) is 22.3 Å². The number of carbonyl (C=O) groups is 1. The molecule has 1 aliphatic heterocycles. The summed E-state index contributed by atoms with van der Waals surface area (Å²) in [6, 6.07) is 23.2. The van der Waals surface area contributed by atoms with Gasteiger partial charge in [0.2, 0.25) is 0 Å². The van der Waals surface area contributed by atoms with Crippen LogP contribution in [0.2, 0.25) is 0 Å². The molecule has 0 atom stereocenters. The van der Waals surface area contributed by atoms with Gasteiger partial charge in [-0.2, -0.15) is 0 Å². The highest BCUT2D eigenvalue weighted by atomic mass is 16.5. The first kappa shape index (κ1) is 21.9. The molecule has 1 amide bonds. The number of ether oxygens (including phenoxy) is 2. The number of likely N-dealkylation sites (tertiary alicyclic amines) is 1. The van der Waals surface area contributed by atoms with Gasteiger partial charge in [0.25, 0.3) is 5.91 Å². The van der Waals surface area contributed by atoms with Gasteiger partial charge in [-0.15, -0.1) is 0 Å². The minimum atomic E-state index is -0.158. The van der Waals surface area contributed by atoms with Crippen LogP contribution in [-0.2, 0) is 0 Å². The lowest BCUT2D eigenvalue weighted by molar-refractivity contribution is 0.102. The average molecular weight is 431 g/mol. The molecule has 3 aromatic rings. The first-order valence-corrected chi connectivity index (χ1v) is 11.2. The molecule has 0 aromatic heterocycles. The van der Waals surface area contributed by atoms with Crippen molar-refractivity contribution < 1.29 is 14.3 Å². The second-order valence-corrected chi connectivity index (χ2v) is 8.01. The van der Waals surface area contributed by atoms with Crippen LogP contribution in [0.25, 0.3) is 11.1 Å². The Morgan fingerprint density at radius 1 is 0.875 bits per heavy atom. The van der Waals surface area contributed by atoms with Crippen LogP contribution in [0, 0.1) is 0 Å². The highest BCUT2D eigenvalue weighted by Crippen LogP contribution is 2.30. The number of nitrogens with one attached hydrogen (secondary N) is 1. The number of benzene rings is 3. The quantitative estimate of drug-likeness (QED) is 0.514. The van der Waals surface area contributed by atoms with Gasteiger partial charge in [-0.25, -0.2) is 0 Å². The van der Waals surface area contributed by atoms with E-state index in [1.165, 1.54) is 19.3 Å². The van der Waals surface area contributed by atoms with E-state index >= 15 is 0 Å². The van der Waals surface area contributed by atoms with Gasteiger partial charge in [0.1, 0.15) is 6.61 Å². The summed E-state index contributed by atoms with van der Waals surface area (Å²) in [6.45, 7) is 3.77. The van der Waals surface area contributed by atoms with E-state index in [4.69, 9.17) is 9.47 Å². The summed E-state index contributed by atoms with van der Waals surface area (Å²) >= 11 is 0. The topological polar surface area (TPSA) is 50.8 Å². The fourth-order valence-electron chi connectivity index (χ4n) is 3.98. The Hall–Kier alpha value is -3.31. The molecule has 1 heterocycles. The van der Waals surface area contributed by atoms with Crippen LogP contribution >= 0.6 is 0 Å². The van der Waals surface area contributed by atoms with E-state index in [0.29, 0.717) is 29.4 Å². The molecule has 1 aliphatic rings. The number of hydrogen-bond donors (Lipinski definition) is 1. The van der Waals surface area contributed by atoms with Crippen molar-refractivity contribution in [2.24, 2.45) is 0 Å². The molecule has 4 rings (SSSR count). The molecule has 0 bridgehead atoms. The highest BCUT2D eigenvalue weighted by molar-refractivity contribution is 6.04. The fourth-order valence-corrected chi connectivity index (χ4v) is 3.98. The second kappa shape index (κ2) is 10.8. The summed E-state index contributed by atoms with van der Waals surface area (Å²) < 4.78 is 11.4. The van der Waals surface area contributed by atoms with E-state index in [9.17, 15) is 4.79 Å².